The maximum atomic E-state index is 12.7. The fraction of sp³-hybridized carbons (Fsp3) is 0.350. The Labute approximate surface area is 156 Å². The first kappa shape index (κ1) is 20.6. The number of hydrogen-bond donors (Lipinski definition) is 1. The summed E-state index contributed by atoms with van der Waals surface area (Å²) >= 11 is 0. The van der Waals surface area contributed by atoms with E-state index >= 15 is 0 Å². The molecule has 0 aliphatic rings. The van der Waals surface area contributed by atoms with Gasteiger partial charge in [0.15, 0.2) is 0 Å². The number of unbranched alkanes of at least 4 members (excludes halogenated alkanes) is 1. The van der Waals surface area contributed by atoms with E-state index in [1.54, 1.807) is 0 Å². The van der Waals surface area contributed by atoms with E-state index in [1.807, 2.05) is 30.3 Å². The van der Waals surface area contributed by atoms with Crippen LogP contribution in [0.1, 0.15) is 36.5 Å². The summed E-state index contributed by atoms with van der Waals surface area (Å²) in [5.41, 5.74) is 0.201. The molecule has 0 saturated heterocycles. The first-order valence-corrected chi connectivity index (χ1v) is 8.60. The summed E-state index contributed by atoms with van der Waals surface area (Å²) in [5.74, 6) is 0.361. The summed E-state index contributed by atoms with van der Waals surface area (Å²) in [6, 6.07) is 14.1. The van der Waals surface area contributed by atoms with Crippen LogP contribution in [0.4, 0.5) is 18.0 Å². The highest BCUT2D eigenvalue weighted by Crippen LogP contribution is 2.32. The Kier molecular flexibility index (Phi) is 7.10. The molecule has 4 nitrogen and oxygen atoms in total. The highest BCUT2D eigenvalue weighted by Gasteiger charge is 2.30. The summed E-state index contributed by atoms with van der Waals surface area (Å²) in [6.45, 7) is 0.414. The number of ether oxygens (including phenoxy) is 1. The van der Waals surface area contributed by atoms with Crippen molar-refractivity contribution in [3.05, 3.63) is 65.7 Å². The minimum Gasteiger partial charge on any atom is -0.486 e. The van der Waals surface area contributed by atoms with E-state index in [-0.39, 0.29) is 6.10 Å². The Morgan fingerprint density at radius 3 is 2.26 bits per heavy atom. The zero-order valence-corrected chi connectivity index (χ0v) is 14.9. The number of nitrogens with zero attached hydrogens (tertiary/aromatic N) is 1. The summed E-state index contributed by atoms with van der Waals surface area (Å²) in [5, 5.41) is 8.86. The van der Waals surface area contributed by atoms with Gasteiger partial charge in [0.25, 0.3) is 0 Å². The minimum atomic E-state index is -4.38. The third-order valence-electron chi connectivity index (χ3n) is 4.17. The van der Waals surface area contributed by atoms with Gasteiger partial charge < -0.3 is 14.7 Å². The molecule has 0 aromatic heterocycles. The maximum Gasteiger partial charge on any atom is 0.416 e. The van der Waals surface area contributed by atoms with Crippen molar-refractivity contribution in [2.24, 2.45) is 0 Å². The molecule has 0 spiro atoms. The van der Waals surface area contributed by atoms with Gasteiger partial charge >= 0.3 is 12.3 Å². The highest BCUT2D eigenvalue weighted by atomic mass is 19.4. The number of carboxylic acid groups (broad SMARTS) is 1. The largest absolute Gasteiger partial charge is 0.486 e. The van der Waals surface area contributed by atoms with Crippen molar-refractivity contribution in [3.63, 3.8) is 0 Å². The van der Waals surface area contributed by atoms with Crippen molar-refractivity contribution < 1.29 is 27.8 Å². The summed E-state index contributed by atoms with van der Waals surface area (Å²) in [6.07, 6.45) is -3.67. The number of rotatable bonds is 8. The lowest BCUT2D eigenvalue weighted by Crippen LogP contribution is -2.25. The topological polar surface area (TPSA) is 49.8 Å². The van der Waals surface area contributed by atoms with E-state index in [4.69, 9.17) is 9.84 Å². The van der Waals surface area contributed by atoms with Gasteiger partial charge in [-0.2, -0.15) is 13.2 Å². The van der Waals surface area contributed by atoms with Crippen LogP contribution in [0.15, 0.2) is 54.6 Å². The van der Waals surface area contributed by atoms with Crippen molar-refractivity contribution in [3.8, 4) is 5.75 Å². The summed E-state index contributed by atoms with van der Waals surface area (Å²) in [7, 11) is 1.51. The number of hydrogen-bond acceptors (Lipinski definition) is 2. The first-order valence-electron chi connectivity index (χ1n) is 8.60. The van der Waals surface area contributed by atoms with Crippen molar-refractivity contribution in [2.45, 2.75) is 31.5 Å². The zero-order valence-electron chi connectivity index (χ0n) is 14.9. The molecule has 2 rings (SSSR count). The monoisotopic (exact) mass is 381 g/mol. The second-order valence-electron chi connectivity index (χ2n) is 6.24. The molecule has 1 amide bonds. The zero-order chi connectivity index (χ0) is 19.9. The van der Waals surface area contributed by atoms with E-state index in [0.29, 0.717) is 25.1 Å². The molecule has 1 unspecified atom stereocenters. The van der Waals surface area contributed by atoms with Gasteiger partial charge in [0.05, 0.1) is 5.56 Å². The molecule has 0 aliphatic carbocycles. The molecule has 0 radical (unpaired) electrons. The standard InChI is InChI=1S/C20H22F3NO3/c1-24(19(25)26)14-6-5-9-18(15-7-3-2-4-8-15)27-17-12-10-16(11-13-17)20(21,22)23/h2-4,7-8,10-13,18H,5-6,9,14H2,1H3,(H,25,26). The first-order chi connectivity index (χ1) is 12.8. The summed E-state index contributed by atoms with van der Waals surface area (Å²) < 4.78 is 44.0. The van der Waals surface area contributed by atoms with E-state index in [0.717, 1.165) is 24.1 Å². The van der Waals surface area contributed by atoms with Crippen LogP contribution in [-0.4, -0.2) is 29.7 Å². The Hall–Kier alpha value is -2.70. The Morgan fingerprint density at radius 1 is 1.07 bits per heavy atom. The smallest absolute Gasteiger partial charge is 0.416 e. The lowest BCUT2D eigenvalue weighted by Gasteiger charge is -2.21. The van der Waals surface area contributed by atoms with Gasteiger partial charge in [-0.1, -0.05) is 30.3 Å². The number of carbonyl (C=O) groups is 1. The van der Waals surface area contributed by atoms with E-state index in [1.165, 1.54) is 24.1 Å². The van der Waals surface area contributed by atoms with Gasteiger partial charge in [0, 0.05) is 13.6 Å². The molecule has 2 aromatic rings. The number of alkyl halides is 3. The molecule has 0 aliphatic heterocycles. The van der Waals surface area contributed by atoms with Crippen LogP contribution in [0.2, 0.25) is 0 Å². The van der Waals surface area contributed by atoms with Gasteiger partial charge in [-0.3, -0.25) is 0 Å². The van der Waals surface area contributed by atoms with Gasteiger partial charge in [0.1, 0.15) is 11.9 Å². The van der Waals surface area contributed by atoms with Crippen LogP contribution >= 0.6 is 0 Å². The third-order valence-corrected chi connectivity index (χ3v) is 4.17. The lowest BCUT2D eigenvalue weighted by molar-refractivity contribution is -0.137. The quantitative estimate of drug-likeness (QED) is 0.605. The molecule has 146 valence electrons. The normalized spacial score (nSPS) is 12.4. The predicted molar refractivity (Wildman–Crippen MR) is 95.8 cm³/mol. The predicted octanol–water partition coefficient (Wildman–Crippen LogP) is 5.61. The molecule has 27 heavy (non-hydrogen) atoms. The fourth-order valence-corrected chi connectivity index (χ4v) is 2.62. The lowest BCUT2D eigenvalue weighted by atomic mass is 10.0. The molecule has 0 bridgehead atoms. The molecule has 1 atom stereocenters. The number of amides is 1. The van der Waals surface area contributed by atoms with Crippen molar-refractivity contribution in [1.82, 2.24) is 4.90 Å². The van der Waals surface area contributed by atoms with Crippen LogP contribution < -0.4 is 4.74 Å². The second kappa shape index (κ2) is 9.30. The maximum absolute atomic E-state index is 12.7. The van der Waals surface area contributed by atoms with Crippen LogP contribution in [-0.2, 0) is 6.18 Å². The van der Waals surface area contributed by atoms with Crippen LogP contribution in [0.3, 0.4) is 0 Å². The van der Waals surface area contributed by atoms with Crippen molar-refractivity contribution in [2.75, 3.05) is 13.6 Å². The van der Waals surface area contributed by atoms with Crippen LogP contribution in [0, 0.1) is 0 Å². The molecule has 0 saturated carbocycles. The van der Waals surface area contributed by atoms with Gasteiger partial charge in [-0.15, -0.1) is 0 Å². The molecular weight excluding hydrogens is 359 g/mol. The molecule has 0 fully saturated rings. The molecule has 7 heteroatoms. The molecule has 1 N–H and O–H groups in total. The van der Waals surface area contributed by atoms with Gasteiger partial charge in [-0.25, -0.2) is 4.79 Å². The average molecular weight is 381 g/mol. The minimum absolute atomic E-state index is 0.321. The SMILES string of the molecule is CN(CCCCC(Oc1ccc(C(F)(F)F)cc1)c1ccccc1)C(=O)O. The van der Waals surface area contributed by atoms with Crippen molar-refractivity contribution >= 4 is 6.09 Å². The third kappa shape index (κ3) is 6.51. The Morgan fingerprint density at radius 2 is 1.70 bits per heavy atom. The average Bonchev–Trinajstić information content (AvgIpc) is 2.64. The molecule has 0 heterocycles. The molecule has 2 aromatic carbocycles. The van der Waals surface area contributed by atoms with Crippen molar-refractivity contribution in [1.29, 1.82) is 0 Å². The number of halogens is 3. The second-order valence-corrected chi connectivity index (χ2v) is 6.24. The van der Waals surface area contributed by atoms with Gasteiger partial charge in [0.2, 0.25) is 0 Å². The van der Waals surface area contributed by atoms with Gasteiger partial charge in [-0.05, 0) is 49.1 Å². The van der Waals surface area contributed by atoms with E-state index in [2.05, 4.69) is 0 Å². The van der Waals surface area contributed by atoms with E-state index < -0.39 is 17.8 Å². The Bertz CT molecular complexity index is 718. The highest BCUT2D eigenvalue weighted by molar-refractivity contribution is 5.64. The van der Waals surface area contributed by atoms with Crippen LogP contribution in [0.25, 0.3) is 0 Å². The Balaban J connectivity index is 2.02. The van der Waals surface area contributed by atoms with Crippen LogP contribution in [0.5, 0.6) is 5.75 Å². The van der Waals surface area contributed by atoms with E-state index in [9.17, 15) is 18.0 Å². The molecular formula is C20H22F3NO3. The fourth-order valence-electron chi connectivity index (χ4n) is 2.62. The summed E-state index contributed by atoms with van der Waals surface area (Å²) in [4.78, 5) is 12.0. The number of benzene rings is 2.